The first-order valence-electron chi connectivity index (χ1n) is 15.3. The van der Waals surface area contributed by atoms with Crippen LogP contribution in [-0.2, 0) is 33.6 Å². The monoisotopic (exact) mass is 576 g/mol. The molecule has 0 aromatic heterocycles. The highest BCUT2D eigenvalue weighted by Crippen LogP contribution is 2.35. The fourth-order valence-corrected chi connectivity index (χ4v) is 5.35. The van der Waals surface area contributed by atoms with E-state index in [0.717, 1.165) is 43.4 Å². The minimum atomic E-state index is -1.62. The molecule has 11 heteroatoms. The molecule has 3 N–H and O–H groups in total. The third-order valence-corrected chi connectivity index (χ3v) is 7.79. The van der Waals surface area contributed by atoms with E-state index in [0.29, 0.717) is 25.7 Å². The number of imide groups is 1. The molecule has 0 radical (unpaired) electrons. The van der Waals surface area contributed by atoms with Crippen LogP contribution in [-0.4, -0.2) is 58.5 Å². The van der Waals surface area contributed by atoms with Crippen molar-refractivity contribution in [3.63, 3.8) is 0 Å². The van der Waals surface area contributed by atoms with E-state index < -0.39 is 35.3 Å². The van der Waals surface area contributed by atoms with Crippen molar-refractivity contribution in [2.75, 3.05) is 6.54 Å². The summed E-state index contributed by atoms with van der Waals surface area (Å²) in [7, 11) is 0. The molecular formula is C30H48N4O7. The maximum Gasteiger partial charge on any atom is 0.359 e. The average Bonchev–Trinajstić information content (AvgIpc) is 3.25. The number of rotatable bonds is 17. The van der Waals surface area contributed by atoms with Crippen LogP contribution in [0, 0.1) is 5.92 Å². The summed E-state index contributed by atoms with van der Waals surface area (Å²) < 4.78 is 0. The molecular weight excluding hydrogens is 528 g/mol. The molecule has 1 aliphatic heterocycles. The topological polar surface area (TPSA) is 151 Å². The van der Waals surface area contributed by atoms with E-state index in [1.54, 1.807) is 0 Å². The number of nitrogens with zero attached hydrogens (tertiary/aromatic N) is 1. The van der Waals surface area contributed by atoms with E-state index in [9.17, 15) is 28.8 Å². The van der Waals surface area contributed by atoms with Crippen LogP contribution in [0.25, 0.3) is 0 Å². The first-order chi connectivity index (χ1) is 19.7. The summed E-state index contributed by atoms with van der Waals surface area (Å²) in [6, 6.07) is -0.865. The van der Waals surface area contributed by atoms with Gasteiger partial charge in [-0.05, 0) is 44.4 Å². The molecule has 3 atom stereocenters. The molecule has 2 rings (SSSR count). The molecule has 1 fully saturated rings. The van der Waals surface area contributed by atoms with Gasteiger partial charge in [0, 0.05) is 38.0 Å². The lowest BCUT2D eigenvalue weighted by atomic mass is 9.72. The first kappa shape index (κ1) is 34.0. The summed E-state index contributed by atoms with van der Waals surface area (Å²) in [5.74, 6) is -2.92. The van der Waals surface area contributed by atoms with Gasteiger partial charge in [-0.2, -0.15) is 5.48 Å². The lowest BCUT2D eigenvalue weighted by Gasteiger charge is -2.45. The summed E-state index contributed by atoms with van der Waals surface area (Å²) in [5.41, 5.74) is 0.611. The number of unbranched alkanes of at least 4 members (excludes halogenated alkanes) is 6. The van der Waals surface area contributed by atoms with Gasteiger partial charge < -0.3 is 15.5 Å². The molecule has 1 saturated carbocycles. The summed E-state index contributed by atoms with van der Waals surface area (Å²) in [6.45, 7) is 6.21. The second kappa shape index (κ2) is 17.5. The van der Waals surface area contributed by atoms with Crippen LogP contribution < -0.4 is 16.1 Å². The van der Waals surface area contributed by atoms with Gasteiger partial charge in [0.2, 0.25) is 11.8 Å². The van der Waals surface area contributed by atoms with Gasteiger partial charge in [0.15, 0.2) is 5.54 Å². The second-order valence-electron chi connectivity index (χ2n) is 11.2. The van der Waals surface area contributed by atoms with E-state index in [-0.39, 0.29) is 56.4 Å². The summed E-state index contributed by atoms with van der Waals surface area (Å²) >= 11 is 0. The second-order valence-corrected chi connectivity index (χ2v) is 11.2. The molecule has 2 aliphatic rings. The molecule has 3 unspecified atom stereocenters. The Bertz CT molecular complexity index is 948. The number of amides is 5. The Hall–Kier alpha value is -3.24. The molecule has 0 saturated heterocycles. The Morgan fingerprint density at radius 3 is 1.93 bits per heavy atom. The van der Waals surface area contributed by atoms with Crippen molar-refractivity contribution in [1.82, 2.24) is 21.0 Å². The molecule has 0 aromatic rings. The fraction of sp³-hybridized carbons (Fsp3) is 0.733. The smallest absolute Gasteiger partial charge is 0.350 e. The molecule has 230 valence electrons. The first-order valence-corrected chi connectivity index (χ1v) is 15.3. The third-order valence-electron chi connectivity index (χ3n) is 7.79. The van der Waals surface area contributed by atoms with Crippen LogP contribution in [0.2, 0.25) is 0 Å². The maximum atomic E-state index is 13.7. The maximum absolute atomic E-state index is 13.7. The zero-order valence-corrected chi connectivity index (χ0v) is 24.9. The van der Waals surface area contributed by atoms with Crippen molar-refractivity contribution in [2.24, 2.45) is 5.92 Å². The van der Waals surface area contributed by atoms with Crippen LogP contribution in [0.4, 0.5) is 0 Å². The molecule has 41 heavy (non-hydrogen) atoms. The SMILES string of the molecule is CCCCCC(=O)NOC(=O)C1(NC(=O)CCCCC)CCC(CN2C(=O)C=CC2=O)CC1NC(=O)CCCCC. The summed E-state index contributed by atoms with van der Waals surface area (Å²) in [6.07, 6.45) is 11.2. The standard InChI is InChI=1S/C30H48N4O7/c1-4-7-10-13-24(35)31-23-20-22(21-34-27(38)16-17-28(34)39)18-19-30(23,32-25(36)14-11-8-5-2)29(40)41-33-26(37)15-12-9-6-3/h16-17,22-23H,4-15,18-21H2,1-3H3,(H,31,35)(H,32,36)(H,33,37). The Kier molecular flexibility index (Phi) is 14.5. The van der Waals surface area contributed by atoms with Crippen LogP contribution in [0.1, 0.15) is 117 Å². The van der Waals surface area contributed by atoms with Gasteiger partial charge in [0.05, 0.1) is 6.04 Å². The van der Waals surface area contributed by atoms with E-state index in [4.69, 9.17) is 4.84 Å². The summed E-state index contributed by atoms with van der Waals surface area (Å²) in [5, 5.41) is 5.84. The highest BCUT2D eigenvalue weighted by Gasteiger charge is 2.53. The number of hydrogen-bond donors (Lipinski definition) is 3. The third kappa shape index (κ3) is 10.6. The molecule has 1 aliphatic carbocycles. The van der Waals surface area contributed by atoms with Gasteiger partial charge >= 0.3 is 5.97 Å². The minimum absolute atomic E-state index is 0.102. The number of carbonyl (C=O) groups is 6. The Labute approximate surface area is 243 Å². The van der Waals surface area contributed by atoms with Gasteiger partial charge in [0.1, 0.15) is 0 Å². The van der Waals surface area contributed by atoms with Gasteiger partial charge in [-0.15, -0.1) is 0 Å². The summed E-state index contributed by atoms with van der Waals surface area (Å²) in [4.78, 5) is 82.9. The zero-order chi connectivity index (χ0) is 30.3. The van der Waals surface area contributed by atoms with Crippen LogP contribution >= 0.6 is 0 Å². The van der Waals surface area contributed by atoms with Gasteiger partial charge in [-0.25, -0.2) is 4.79 Å². The Balaban J connectivity index is 2.29. The van der Waals surface area contributed by atoms with Crippen LogP contribution in [0.5, 0.6) is 0 Å². The number of hydrogen-bond acceptors (Lipinski definition) is 7. The van der Waals surface area contributed by atoms with E-state index in [2.05, 4.69) is 16.1 Å². The normalized spacial score (nSPS) is 22.0. The highest BCUT2D eigenvalue weighted by molar-refractivity contribution is 6.12. The van der Waals surface area contributed by atoms with Crippen molar-refractivity contribution >= 4 is 35.5 Å². The minimum Gasteiger partial charge on any atom is -0.350 e. The van der Waals surface area contributed by atoms with Crippen molar-refractivity contribution in [3.8, 4) is 0 Å². The number of nitrogens with one attached hydrogen (secondary N) is 3. The van der Waals surface area contributed by atoms with Crippen molar-refractivity contribution < 1.29 is 33.6 Å². The Morgan fingerprint density at radius 1 is 0.829 bits per heavy atom. The average molecular weight is 577 g/mol. The molecule has 0 spiro atoms. The van der Waals surface area contributed by atoms with Crippen LogP contribution in [0.3, 0.4) is 0 Å². The van der Waals surface area contributed by atoms with Gasteiger partial charge in [-0.3, -0.25) is 28.9 Å². The Morgan fingerprint density at radius 2 is 1.37 bits per heavy atom. The van der Waals surface area contributed by atoms with Crippen LogP contribution in [0.15, 0.2) is 12.2 Å². The lowest BCUT2D eigenvalue weighted by Crippen LogP contribution is -2.70. The van der Waals surface area contributed by atoms with E-state index in [1.165, 1.54) is 12.2 Å². The van der Waals surface area contributed by atoms with Gasteiger partial charge in [0.25, 0.3) is 17.7 Å². The number of carbonyl (C=O) groups excluding carboxylic acids is 6. The zero-order valence-electron chi connectivity index (χ0n) is 24.9. The van der Waals surface area contributed by atoms with Crippen molar-refractivity contribution in [1.29, 1.82) is 0 Å². The lowest BCUT2D eigenvalue weighted by molar-refractivity contribution is -0.169. The molecule has 0 aromatic carbocycles. The van der Waals surface area contributed by atoms with Gasteiger partial charge in [-0.1, -0.05) is 59.3 Å². The predicted octanol–water partition coefficient (Wildman–Crippen LogP) is 3.37. The fourth-order valence-electron chi connectivity index (χ4n) is 5.35. The largest absolute Gasteiger partial charge is 0.359 e. The predicted molar refractivity (Wildman–Crippen MR) is 153 cm³/mol. The van der Waals surface area contributed by atoms with Crippen molar-refractivity contribution in [3.05, 3.63) is 12.2 Å². The molecule has 1 heterocycles. The number of hydroxylamine groups is 1. The molecule has 5 amide bonds. The molecule has 0 bridgehead atoms. The quantitative estimate of drug-likeness (QED) is 0.136. The van der Waals surface area contributed by atoms with E-state index >= 15 is 0 Å². The van der Waals surface area contributed by atoms with E-state index in [1.807, 2.05) is 20.8 Å². The molecule has 11 nitrogen and oxygen atoms in total. The highest BCUT2D eigenvalue weighted by atomic mass is 16.7. The van der Waals surface area contributed by atoms with Crippen molar-refractivity contribution in [2.45, 2.75) is 129 Å².